The molecule has 1 aliphatic carbocycles. The first-order valence-electron chi connectivity index (χ1n) is 8.00. The van der Waals surface area contributed by atoms with E-state index in [4.69, 9.17) is 7.85 Å². The molecule has 25 heavy (non-hydrogen) atoms. The van der Waals surface area contributed by atoms with E-state index in [0.717, 1.165) is 30.8 Å². The van der Waals surface area contributed by atoms with Gasteiger partial charge in [-0.25, -0.2) is 14.4 Å². The Morgan fingerprint density at radius 2 is 2.08 bits per heavy atom. The lowest BCUT2D eigenvalue weighted by atomic mass is 9.69. The number of carbonyl (C=O) groups is 2. The number of anilines is 1. The number of carbonyl (C=O) groups excluding carboxylic acids is 2. The topological polar surface area (TPSA) is 75.2 Å². The van der Waals surface area contributed by atoms with Crippen molar-refractivity contribution in [1.82, 2.24) is 14.9 Å². The lowest BCUT2D eigenvalue weighted by Crippen LogP contribution is -2.55. The number of fused-ring (bicyclic) bond motifs is 3. The van der Waals surface area contributed by atoms with Crippen molar-refractivity contribution in [3.63, 3.8) is 0 Å². The Morgan fingerprint density at radius 1 is 1.32 bits per heavy atom. The van der Waals surface area contributed by atoms with Crippen LogP contribution >= 0.6 is 0 Å². The molecule has 1 fully saturated rings. The van der Waals surface area contributed by atoms with Crippen LogP contribution in [-0.2, 0) is 4.79 Å². The van der Waals surface area contributed by atoms with Gasteiger partial charge in [-0.15, -0.1) is 0 Å². The summed E-state index contributed by atoms with van der Waals surface area (Å²) in [6, 6.07) is 5.27. The number of halogens is 1. The summed E-state index contributed by atoms with van der Waals surface area (Å²) < 4.78 is 12.8. The van der Waals surface area contributed by atoms with Crippen LogP contribution in [0.15, 0.2) is 30.6 Å². The van der Waals surface area contributed by atoms with Crippen LogP contribution in [0.5, 0.6) is 0 Å². The van der Waals surface area contributed by atoms with Gasteiger partial charge in [0, 0.05) is 17.5 Å². The van der Waals surface area contributed by atoms with E-state index in [0.29, 0.717) is 11.0 Å². The van der Waals surface area contributed by atoms with Gasteiger partial charge in [-0.3, -0.25) is 14.9 Å². The van der Waals surface area contributed by atoms with Crippen molar-refractivity contribution in [1.29, 1.82) is 0 Å². The molecular weight excluding hydrogens is 322 g/mol. The third-order valence-corrected chi connectivity index (χ3v) is 4.79. The lowest BCUT2D eigenvalue weighted by molar-refractivity contribution is -0.117. The average molecular weight is 336 g/mol. The van der Waals surface area contributed by atoms with E-state index in [1.54, 1.807) is 17.0 Å². The molecule has 4 rings (SSSR count). The highest BCUT2D eigenvalue weighted by molar-refractivity contribution is 6.32. The zero-order valence-corrected chi connectivity index (χ0v) is 13.3. The van der Waals surface area contributed by atoms with Crippen LogP contribution in [0.1, 0.15) is 34.7 Å². The molecule has 1 N–H and O–H groups in total. The fourth-order valence-corrected chi connectivity index (χ4v) is 3.49. The van der Waals surface area contributed by atoms with Crippen LogP contribution in [0.25, 0.3) is 0 Å². The monoisotopic (exact) mass is 336 g/mol. The Bertz CT molecular complexity index is 858. The second kappa shape index (κ2) is 5.95. The predicted molar refractivity (Wildman–Crippen MR) is 89.2 cm³/mol. The molecule has 8 heteroatoms. The Hall–Kier alpha value is -2.77. The van der Waals surface area contributed by atoms with Gasteiger partial charge >= 0.3 is 0 Å². The molecule has 2 aromatic rings. The molecule has 6 nitrogen and oxygen atoms in total. The number of hydrogen-bond donors (Lipinski definition) is 1. The van der Waals surface area contributed by atoms with E-state index >= 15 is 0 Å². The summed E-state index contributed by atoms with van der Waals surface area (Å²) in [6.07, 6.45) is 3.76. The van der Waals surface area contributed by atoms with Crippen molar-refractivity contribution in [2.45, 2.75) is 24.8 Å². The number of hydrogen-bond acceptors (Lipinski definition) is 4. The third-order valence-electron chi connectivity index (χ3n) is 4.79. The molecule has 0 bridgehead atoms. The van der Waals surface area contributed by atoms with Crippen LogP contribution in [0, 0.1) is 5.82 Å². The van der Waals surface area contributed by atoms with E-state index in [-0.39, 0.29) is 30.4 Å². The highest BCUT2D eigenvalue weighted by atomic mass is 19.1. The van der Waals surface area contributed by atoms with Crippen molar-refractivity contribution < 1.29 is 14.0 Å². The molecular formula is C17H14BFN4O2. The third kappa shape index (κ3) is 2.77. The molecule has 1 aromatic heterocycles. The Kier molecular flexibility index (Phi) is 3.75. The zero-order valence-electron chi connectivity index (χ0n) is 13.3. The first kappa shape index (κ1) is 15.7. The van der Waals surface area contributed by atoms with Gasteiger partial charge in [0.15, 0.2) is 5.82 Å². The van der Waals surface area contributed by atoms with Crippen LogP contribution in [0.2, 0.25) is 0 Å². The Balaban J connectivity index is 1.52. The number of nitrogens with one attached hydrogen (secondary N) is 1. The normalized spacial score (nSPS) is 21.2. The smallest absolute Gasteiger partial charge is 0.254 e. The molecule has 0 saturated heterocycles. The van der Waals surface area contributed by atoms with Gasteiger partial charge in [-0.05, 0) is 24.5 Å². The molecule has 2 aliphatic rings. The zero-order chi connectivity index (χ0) is 17.6. The van der Waals surface area contributed by atoms with Crippen molar-refractivity contribution in [2.24, 2.45) is 0 Å². The largest absolute Gasteiger partial charge is 0.326 e. The molecule has 2 radical (unpaired) electrons. The summed E-state index contributed by atoms with van der Waals surface area (Å²) in [4.78, 5) is 34.0. The quantitative estimate of drug-likeness (QED) is 0.840. The van der Waals surface area contributed by atoms with E-state index in [9.17, 15) is 14.0 Å². The fourth-order valence-electron chi connectivity index (χ4n) is 3.49. The number of amides is 2. The summed E-state index contributed by atoms with van der Waals surface area (Å²) in [5, 5.41) is 2.49. The molecule has 1 saturated carbocycles. The molecule has 1 unspecified atom stereocenters. The van der Waals surface area contributed by atoms with E-state index in [1.165, 1.54) is 0 Å². The van der Waals surface area contributed by atoms with Crippen LogP contribution in [0.4, 0.5) is 10.3 Å². The molecule has 1 aliphatic heterocycles. The first-order chi connectivity index (χ1) is 12.0. The average Bonchev–Trinajstić information content (AvgIpc) is 2.54. The lowest BCUT2D eigenvalue weighted by Gasteiger charge is -2.48. The second-order valence-corrected chi connectivity index (χ2v) is 6.30. The van der Waals surface area contributed by atoms with Crippen LogP contribution < -0.4 is 10.8 Å². The van der Waals surface area contributed by atoms with Gasteiger partial charge < -0.3 is 4.90 Å². The summed E-state index contributed by atoms with van der Waals surface area (Å²) in [5.74, 6) is -0.951. The molecule has 124 valence electrons. The van der Waals surface area contributed by atoms with Gasteiger partial charge in [0.1, 0.15) is 14.4 Å². The minimum absolute atomic E-state index is 0.00156. The molecule has 0 spiro atoms. The van der Waals surface area contributed by atoms with Gasteiger partial charge in [0.25, 0.3) is 5.91 Å². The minimum atomic E-state index is -0.586. The first-order valence-corrected chi connectivity index (χ1v) is 8.00. The highest BCUT2D eigenvalue weighted by Gasteiger charge is 2.45. The second-order valence-electron chi connectivity index (χ2n) is 6.30. The summed E-state index contributed by atoms with van der Waals surface area (Å²) in [6.45, 7) is -0.0927. The highest BCUT2D eigenvalue weighted by Crippen LogP contribution is 2.45. The van der Waals surface area contributed by atoms with Crippen molar-refractivity contribution >= 4 is 31.1 Å². The number of benzene rings is 1. The van der Waals surface area contributed by atoms with E-state index in [2.05, 4.69) is 15.3 Å². The number of nitrogens with zero attached hydrogens (tertiary/aromatic N) is 3. The number of rotatable bonds is 3. The summed E-state index contributed by atoms with van der Waals surface area (Å²) in [7, 11) is 5.84. The van der Waals surface area contributed by atoms with Crippen molar-refractivity contribution in [3.05, 3.63) is 47.5 Å². The van der Waals surface area contributed by atoms with E-state index < -0.39 is 11.7 Å². The maximum atomic E-state index is 12.8. The molecule has 2 atom stereocenters. The van der Waals surface area contributed by atoms with Gasteiger partial charge in [0.05, 0.1) is 12.4 Å². The Morgan fingerprint density at radius 3 is 2.76 bits per heavy atom. The molecule has 2 heterocycles. The van der Waals surface area contributed by atoms with Crippen molar-refractivity contribution in [2.75, 3.05) is 11.9 Å². The summed E-state index contributed by atoms with van der Waals surface area (Å²) >= 11 is 0. The summed E-state index contributed by atoms with van der Waals surface area (Å²) in [5.41, 5.74) is 2.21. The molecule has 1 aromatic carbocycles. The standard InChI is InChI=1S/C17H14BFN4O2/c18-9-1-2-12-13(5-9)11-3-4-14(11)23(16(12)25)8-15(24)22-17-20-6-10(19)7-21-17/h1-2,5-7,11,14H,3-4,8H2,(H,20,21,22,24)/t11?,14-/m0/s1. The van der Waals surface area contributed by atoms with Crippen molar-refractivity contribution in [3.8, 4) is 0 Å². The van der Waals surface area contributed by atoms with Crippen LogP contribution in [-0.4, -0.2) is 47.1 Å². The van der Waals surface area contributed by atoms with Gasteiger partial charge in [-0.1, -0.05) is 17.6 Å². The maximum Gasteiger partial charge on any atom is 0.254 e. The van der Waals surface area contributed by atoms with E-state index in [1.807, 2.05) is 6.07 Å². The number of aromatic nitrogens is 2. The SMILES string of the molecule is [B]c1ccc2c(c1)C1CC[C@@H]1N(CC(=O)Nc1ncc(F)cn1)C2=O. The predicted octanol–water partition coefficient (Wildman–Crippen LogP) is 0.750. The van der Waals surface area contributed by atoms with Gasteiger partial charge in [-0.2, -0.15) is 0 Å². The Labute approximate surface area is 144 Å². The van der Waals surface area contributed by atoms with Crippen LogP contribution in [0.3, 0.4) is 0 Å². The fraction of sp³-hybridized carbons (Fsp3) is 0.294. The molecule has 2 amide bonds. The minimum Gasteiger partial charge on any atom is -0.326 e. The van der Waals surface area contributed by atoms with Gasteiger partial charge in [0.2, 0.25) is 11.9 Å². The maximum absolute atomic E-state index is 12.8.